The molecule has 0 bridgehead atoms. The van der Waals surface area contributed by atoms with Crippen LogP contribution in [0.25, 0.3) is 0 Å². The van der Waals surface area contributed by atoms with Crippen LogP contribution in [0.3, 0.4) is 0 Å². The first-order chi connectivity index (χ1) is 16.0. The molecule has 0 saturated heterocycles. The number of hydrogen-bond donors (Lipinski definition) is 2. The lowest BCUT2D eigenvalue weighted by Crippen LogP contribution is -2.52. The summed E-state index contributed by atoms with van der Waals surface area (Å²) in [6, 6.07) is 26.7. The topological polar surface area (TPSA) is 84.5 Å². The fraction of sp³-hybridized carbons (Fsp3) is 0.222. The van der Waals surface area contributed by atoms with E-state index in [0.717, 1.165) is 11.1 Å². The molecule has 33 heavy (non-hydrogen) atoms. The fourth-order valence-corrected chi connectivity index (χ4v) is 3.46. The summed E-state index contributed by atoms with van der Waals surface area (Å²) in [5, 5.41) is 5.82. The second-order valence-corrected chi connectivity index (χ2v) is 7.78. The predicted octanol–water partition coefficient (Wildman–Crippen LogP) is 3.32. The highest BCUT2D eigenvalue weighted by atomic mass is 16.5. The Labute approximate surface area is 194 Å². The van der Waals surface area contributed by atoms with Crippen LogP contribution >= 0.6 is 0 Å². The van der Waals surface area contributed by atoms with Crippen LogP contribution in [0, 0.1) is 0 Å². The first-order valence-electron chi connectivity index (χ1n) is 10.9. The Balaban J connectivity index is 1.76. The Morgan fingerprint density at radius 1 is 0.727 bits per heavy atom. The average Bonchev–Trinajstić information content (AvgIpc) is 2.84. The minimum atomic E-state index is -0.796. The van der Waals surface area contributed by atoms with Crippen LogP contribution in [-0.2, 0) is 27.2 Å². The Morgan fingerprint density at radius 2 is 1.24 bits per heavy atom. The van der Waals surface area contributed by atoms with E-state index in [0.29, 0.717) is 18.4 Å². The van der Waals surface area contributed by atoms with Crippen molar-refractivity contribution in [1.82, 2.24) is 10.6 Å². The van der Waals surface area contributed by atoms with Crippen molar-refractivity contribution in [2.75, 3.05) is 6.61 Å². The number of ether oxygens (including phenoxy) is 1. The molecule has 0 heterocycles. The number of hydrogen-bond acceptors (Lipinski definition) is 4. The number of carbonyl (C=O) groups excluding carboxylic acids is 3. The molecule has 0 aliphatic heterocycles. The van der Waals surface area contributed by atoms with Crippen LogP contribution in [0.5, 0.6) is 0 Å². The van der Waals surface area contributed by atoms with Gasteiger partial charge in [-0.3, -0.25) is 14.4 Å². The molecule has 2 atom stereocenters. The summed E-state index contributed by atoms with van der Waals surface area (Å²) in [6.07, 6.45) is 0.821. The molecule has 6 heteroatoms. The average molecular weight is 445 g/mol. The molecule has 6 nitrogen and oxygen atoms in total. The molecule has 2 N–H and O–H groups in total. The molecular formula is C27H28N2O4. The van der Waals surface area contributed by atoms with Crippen LogP contribution in [0.1, 0.15) is 28.4 Å². The zero-order chi connectivity index (χ0) is 23.5. The van der Waals surface area contributed by atoms with Crippen molar-refractivity contribution in [3.05, 3.63) is 108 Å². The van der Waals surface area contributed by atoms with Crippen molar-refractivity contribution in [3.8, 4) is 0 Å². The summed E-state index contributed by atoms with van der Waals surface area (Å²) in [5.41, 5.74) is 2.40. The Bertz CT molecular complexity index is 1040. The lowest BCUT2D eigenvalue weighted by molar-refractivity contribution is -0.142. The van der Waals surface area contributed by atoms with Crippen molar-refractivity contribution in [1.29, 1.82) is 0 Å². The molecule has 0 aromatic heterocycles. The van der Waals surface area contributed by atoms with E-state index in [1.54, 1.807) is 24.3 Å². The quantitative estimate of drug-likeness (QED) is 0.470. The summed E-state index contributed by atoms with van der Waals surface area (Å²) >= 11 is 0. The zero-order valence-corrected chi connectivity index (χ0v) is 18.6. The molecule has 0 unspecified atom stereocenters. The summed E-state index contributed by atoms with van der Waals surface area (Å²) in [4.78, 5) is 37.4. The molecule has 3 aromatic carbocycles. The highest BCUT2D eigenvalue weighted by Gasteiger charge is 2.25. The zero-order valence-electron chi connectivity index (χ0n) is 18.6. The van der Waals surface area contributed by atoms with Crippen molar-refractivity contribution >= 4 is 17.8 Å². The maximum atomic E-state index is 13.3. The molecule has 0 spiro atoms. The van der Waals surface area contributed by atoms with Crippen LogP contribution < -0.4 is 10.6 Å². The van der Waals surface area contributed by atoms with E-state index in [1.807, 2.05) is 66.7 Å². The SMILES string of the molecule is CC(=O)OC[C@@H](Cc1ccccc1)NC(=O)[C@@H](Cc1ccccc1)NC(=O)c1ccccc1. The third-order valence-corrected chi connectivity index (χ3v) is 5.10. The van der Waals surface area contributed by atoms with Crippen molar-refractivity contribution in [2.45, 2.75) is 31.8 Å². The van der Waals surface area contributed by atoms with E-state index in [9.17, 15) is 14.4 Å². The van der Waals surface area contributed by atoms with E-state index in [2.05, 4.69) is 10.6 Å². The monoisotopic (exact) mass is 444 g/mol. The molecule has 0 radical (unpaired) electrons. The Morgan fingerprint density at radius 3 is 1.79 bits per heavy atom. The Hall–Kier alpha value is -3.93. The maximum Gasteiger partial charge on any atom is 0.302 e. The van der Waals surface area contributed by atoms with Crippen LogP contribution in [0.2, 0.25) is 0 Å². The van der Waals surface area contributed by atoms with Gasteiger partial charge in [0.15, 0.2) is 0 Å². The Kier molecular flexibility index (Phi) is 8.77. The number of amides is 2. The van der Waals surface area contributed by atoms with Gasteiger partial charge < -0.3 is 15.4 Å². The minimum Gasteiger partial charge on any atom is -0.464 e. The van der Waals surface area contributed by atoms with Gasteiger partial charge in [0, 0.05) is 18.9 Å². The van der Waals surface area contributed by atoms with E-state index < -0.39 is 18.1 Å². The first kappa shape index (κ1) is 23.7. The van der Waals surface area contributed by atoms with Crippen molar-refractivity contribution < 1.29 is 19.1 Å². The lowest BCUT2D eigenvalue weighted by atomic mass is 10.0. The summed E-state index contributed by atoms with van der Waals surface area (Å²) in [6.45, 7) is 1.38. The van der Waals surface area contributed by atoms with Gasteiger partial charge in [-0.25, -0.2) is 0 Å². The molecule has 3 rings (SSSR count). The molecule has 0 aliphatic carbocycles. The normalized spacial score (nSPS) is 12.3. The highest BCUT2D eigenvalue weighted by Crippen LogP contribution is 2.08. The first-order valence-corrected chi connectivity index (χ1v) is 10.9. The van der Waals surface area contributed by atoms with E-state index in [-0.39, 0.29) is 18.4 Å². The number of carbonyl (C=O) groups is 3. The lowest BCUT2D eigenvalue weighted by Gasteiger charge is -2.24. The summed E-state index contributed by atoms with van der Waals surface area (Å²) in [7, 11) is 0. The van der Waals surface area contributed by atoms with Gasteiger partial charge >= 0.3 is 5.97 Å². The largest absolute Gasteiger partial charge is 0.464 e. The predicted molar refractivity (Wildman–Crippen MR) is 127 cm³/mol. The second kappa shape index (κ2) is 12.2. The number of rotatable bonds is 10. The van der Waals surface area contributed by atoms with E-state index in [1.165, 1.54) is 6.92 Å². The third-order valence-electron chi connectivity index (χ3n) is 5.10. The van der Waals surface area contributed by atoms with Crippen molar-refractivity contribution in [2.24, 2.45) is 0 Å². The van der Waals surface area contributed by atoms with Crippen LogP contribution in [0.4, 0.5) is 0 Å². The van der Waals surface area contributed by atoms with Crippen molar-refractivity contribution in [3.63, 3.8) is 0 Å². The number of esters is 1. The molecule has 0 fully saturated rings. The highest BCUT2D eigenvalue weighted by molar-refractivity contribution is 5.97. The maximum absolute atomic E-state index is 13.3. The fourth-order valence-electron chi connectivity index (χ4n) is 3.46. The molecule has 2 amide bonds. The van der Waals surface area contributed by atoms with Gasteiger partial charge in [0.25, 0.3) is 5.91 Å². The summed E-state index contributed by atoms with van der Waals surface area (Å²) in [5.74, 6) is -1.08. The van der Waals surface area contributed by atoms with Crippen LogP contribution in [-0.4, -0.2) is 36.5 Å². The van der Waals surface area contributed by atoms with Gasteiger partial charge in [-0.15, -0.1) is 0 Å². The minimum absolute atomic E-state index is 0.0423. The van der Waals surface area contributed by atoms with E-state index >= 15 is 0 Å². The molecule has 0 aliphatic rings. The molecule has 3 aromatic rings. The molecular weight excluding hydrogens is 416 g/mol. The second-order valence-electron chi connectivity index (χ2n) is 7.78. The van der Waals surface area contributed by atoms with Gasteiger partial charge in [0.05, 0.1) is 6.04 Å². The molecule has 170 valence electrons. The smallest absolute Gasteiger partial charge is 0.302 e. The van der Waals surface area contributed by atoms with E-state index in [4.69, 9.17) is 4.74 Å². The van der Waals surface area contributed by atoms with Gasteiger partial charge in [-0.05, 0) is 29.7 Å². The van der Waals surface area contributed by atoms with Gasteiger partial charge in [0.2, 0.25) is 5.91 Å². The van der Waals surface area contributed by atoms with Gasteiger partial charge in [0.1, 0.15) is 12.6 Å². The molecule has 0 saturated carbocycles. The number of benzene rings is 3. The van der Waals surface area contributed by atoms with Gasteiger partial charge in [-0.1, -0.05) is 78.9 Å². The van der Waals surface area contributed by atoms with Gasteiger partial charge in [-0.2, -0.15) is 0 Å². The standard InChI is InChI=1S/C27H28N2O4/c1-20(30)33-19-24(17-21-11-5-2-6-12-21)28-27(32)25(18-22-13-7-3-8-14-22)29-26(31)23-15-9-4-10-16-23/h2-16,24-25H,17-19H2,1H3,(H,28,32)(H,29,31)/t24-,25-/m1/s1. The van der Waals surface area contributed by atoms with Crippen LogP contribution in [0.15, 0.2) is 91.0 Å². The summed E-state index contributed by atoms with van der Waals surface area (Å²) < 4.78 is 5.18. The third kappa shape index (κ3) is 7.92. The number of nitrogens with one attached hydrogen (secondary N) is 2.